The van der Waals surface area contributed by atoms with Crippen molar-refractivity contribution in [3.8, 4) is 0 Å². The number of ether oxygens (including phenoxy) is 1. The third-order valence-electron chi connectivity index (χ3n) is 3.22. The van der Waals surface area contributed by atoms with Crippen molar-refractivity contribution in [2.24, 2.45) is 0 Å². The molecule has 0 aliphatic rings. The smallest absolute Gasteiger partial charge is 0.305 e. The van der Waals surface area contributed by atoms with Crippen LogP contribution in [0.3, 0.4) is 0 Å². The van der Waals surface area contributed by atoms with E-state index in [1.807, 2.05) is 25.3 Å². The van der Waals surface area contributed by atoms with E-state index in [1.54, 1.807) is 0 Å². The molecule has 0 radical (unpaired) electrons. The molecule has 1 aromatic heterocycles. The van der Waals surface area contributed by atoms with Gasteiger partial charge >= 0.3 is 5.97 Å². The number of rotatable bonds is 10. The summed E-state index contributed by atoms with van der Waals surface area (Å²) in [5.74, 6) is -0.0756. The van der Waals surface area contributed by atoms with Crippen LogP contribution in [0.4, 0.5) is 0 Å². The molecule has 0 aromatic carbocycles. The Morgan fingerprint density at radius 1 is 1.25 bits per heavy atom. The molecule has 1 aromatic rings. The van der Waals surface area contributed by atoms with Crippen LogP contribution in [0.1, 0.15) is 45.2 Å². The molecule has 0 fully saturated rings. The molecule has 0 unspecified atom stereocenters. The van der Waals surface area contributed by atoms with Crippen LogP contribution in [0.25, 0.3) is 0 Å². The highest BCUT2D eigenvalue weighted by Gasteiger charge is 2.05. The van der Waals surface area contributed by atoms with E-state index in [1.165, 1.54) is 0 Å². The lowest BCUT2D eigenvalue weighted by Gasteiger charge is -2.19. The first-order valence-corrected chi connectivity index (χ1v) is 7.54. The van der Waals surface area contributed by atoms with E-state index in [9.17, 15) is 4.79 Å². The van der Waals surface area contributed by atoms with Gasteiger partial charge in [0.25, 0.3) is 0 Å². The SMILES string of the molecule is CCOC(=O)CCCCCN(CC)Cc1ccccn1. The molecule has 4 heteroatoms. The summed E-state index contributed by atoms with van der Waals surface area (Å²) in [4.78, 5) is 17.9. The molecule has 1 heterocycles. The van der Waals surface area contributed by atoms with Crippen molar-refractivity contribution in [1.29, 1.82) is 0 Å². The lowest BCUT2D eigenvalue weighted by atomic mass is 10.2. The second-order valence-corrected chi connectivity index (χ2v) is 4.81. The van der Waals surface area contributed by atoms with E-state index in [2.05, 4.69) is 22.9 Å². The standard InChI is InChI=1S/C16H26N2O2/c1-3-18(14-15-10-7-8-12-17-15)13-9-5-6-11-16(19)20-4-2/h7-8,10,12H,3-6,9,11,13-14H2,1-2H3. The molecule has 20 heavy (non-hydrogen) atoms. The second kappa shape index (κ2) is 10.4. The molecule has 112 valence electrons. The van der Waals surface area contributed by atoms with Crippen molar-refractivity contribution >= 4 is 5.97 Å². The summed E-state index contributed by atoms with van der Waals surface area (Å²) in [7, 11) is 0. The first-order valence-electron chi connectivity index (χ1n) is 7.54. The van der Waals surface area contributed by atoms with Gasteiger partial charge in [0.05, 0.1) is 12.3 Å². The fourth-order valence-corrected chi connectivity index (χ4v) is 2.08. The molecule has 0 amide bonds. The van der Waals surface area contributed by atoms with Crippen molar-refractivity contribution in [3.63, 3.8) is 0 Å². The molecule has 0 saturated heterocycles. The zero-order valence-corrected chi connectivity index (χ0v) is 12.7. The number of carbonyl (C=O) groups excluding carboxylic acids is 1. The van der Waals surface area contributed by atoms with Gasteiger partial charge in [0, 0.05) is 19.2 Å². The van der Waals surface area contributed by atoms with Crippen LogP contribution in [0, 0.1) is 0 Å². The van der Waals surface area contributed by atoms with Crippen molar-refractivity contribution in [1.82, 2.24) is 9.88 Å². The number of esters is 1. The number of aromatic nitrogens is 1. The van der Waals surface area contributed by atoms with Gasteiger partial charge in [0.2, 0.25) is 0 Å². The average molecular weight is 278 g/mol. The first kappa shape index (κ1) is 16.6. The minimum Gasteiger partial charge on any atom is -0.466 e. The van der Waals surface area contributed by atoms with Crippen LogP contribution in [0.5, 0.6) is 0 Å². The minimum atomic E-state index is -0.0756. The van der Waals surface area contributed by atoms with Crippen LogP contribution in [-0.2, 0) is 16.1 Å². The van der Waals surface area contributed by atoms with Crippen LogP contribution in [0.15, 0.2) is 24.4 Å². The van der Waals surface area contributed by atoms with Gasteiger partial charge in [-0.25, -0.2) is 0 Å². The maximum absolute atomic E-state index is 11.2. The predicted molar refractivity (Wildman–Crippen MR) is 80.3 cm³/mol. The van der Waals surface area contributed by atoms with Crippen LogP contribution in [0.2, 0.25) is 0 Å². The number of nitrogens with zero attached hydrogens (tertiary/aromatic N) is 2. The molecule has 4 nitrogen and oxygen atoms in total. The third kappa shape index (κ3) is 7.24. The molecular weight excluding hydrogens is 252 g/mol. The van der Waals surface area contributed by atoms with Crippen LogP contribution < -0.4 is 0 Å². The lowest BCUT2D eigenvalue weighted by Crippen LogP contribution is -2.24. The predicted octanol–water partition coefficient (Wildman–Crippen LogP) is 3.03. The van der Waals surface area contributed by atoms with Gasteiger partial charge in [-0.1, -0.05) is 19.4 Å². The molecule has 1 rings (SSSR count). The van der Waals surface area contributed by atoms with Gasteiger partial charge in [-0.2, -0.15) is 0 Å². The maximum atomic E-state index is 11.2. The number of unbranched alkanes of at least 4 members (excludes halogenated alkanes) is 2. The van der Waals surface area contributed by atoms with E-state index < -0.39 is 0 Å². The monoisotopic (exact) mass is 278 g/mol. The Balaban J connectivity index is 2.14. The second-order valence-electron chi connectivity index (χ2n) is 4.81. The summed E-state index contributed by atoms with van der Waals surface area (Å²) in [6, 6.07) is 6.02. The molecular formula is C16H26N2O2. The minimum absolute atomic E-state index is 0.0756. The third-order valence-corrected chi connectivity index (χ3v) is 3.22. The quantitative estimate of drug-likeness (QED) is 0.487. The highest BCUT2D eigenvalue weighted by Crippen LogP contribution is 2.06. The van der Waals surface area contributed by atoms with Gasteiger partial charge in [0.15, 0.2) is 0 Å². The summed E-state index contributed by atoms with van der Waals surface area (Å²) < 4.78 is 4.91. The summed E-state index contributed by atoms with van der Waals surface area (Å²) in [6.07, 6.45) is 5.47. The fourth-order valence-electron chi connectivity index (χ4n) is 2.08. The Morgan fingerprint density at radius 2 is 2.10 bits per heavy atom. The highest BCUT2D eigenvalue weighted by molar-refractivity contribution is 5.69. The Morgan fingerprint density at radius 3 is 2.75 bits per heavy atom. The van der Waals surface area contributed by atoms with Gasteiger partial charge in [-0.05, 0) is 45.0 Å². The summed E-state index contributed by atoms with van der Waals surface area (Å²) in [5.41, 5.74) is 1.11. The summed E-state index contributed by atoms with van der Waals surface area (Å²) in [5, 5.41) is 0. The number of carbonyl (C=O) groups is 1. The summed E-state index contributed by atoms with van der Waals surface area (Å²) in [6.45, 7) is 7.46. The topological polar surface area (TPSA) is 42.4 Å². The van der Waals surface area contributed by atoms with Gasteiger partial charge < -0.3 is 4.74 Å². The number of hydrogen-bond acceptors (Lipinski definition) is 4. The Hall–Kier alpha value is -1.42. The van der Waals surface area contributed by atoms with Gasteiger partial charge in [-0.3, -0.25) is 14.7 Å². The maximum Gasteiger partial charge on any atom is 0.305 e. The Bertz CT molecular complexity index is 368. The largest absolute Gasteiger partial charge is 0.466 e. The zero-order chi connectivity index (χ0) is 14.6. The van der Waals surface area contributed by atoms with E-state index in [-0.39, 0.29) is 5.97 Å². The van der Waals surface area contributed by atoms with E-state index in [4.69, 9.17) is 4.74 Å². The molecule has 0 bridgehead atoms. The normalized spacial score (nSPS) is 10.8. The Labute approximate surface area is 122 Å². The molecule has 0 saturated carbocycles. The zero-order valence-electron chi connectivity index (χ0n) is 12.7. The van der Waals surface area contributed by atoms with Crippen molar-refractivity contribution in [2.45, 2.75) is 46.1 Å². The molecule has 0 spiro atoms. The molecule has 0 aliphatic heterocycles. The average Bonchev–Trinajstić information content (AvgIpc) is 2.47. The number of pyridine rings is 1. The Kier molecular flexibility index (Phi) is 8.63. The van der Waals surface area contributed by atoms with Gasteiger partial charge in [0.1, 0.15) is 0 Å². The lowest BCUT2D eigenvalue weighted by molar-refractivity contribution is -0.143. The first-order chi connectivity index (χ1) is 9.76. The van der Waals surface area contributed by atoms with Gasteiger partial charge in [-0.15, -0.1) is 0 Å². The van der Waals surface area contributed by atoms with E-state index >= 15 is 0 Å². The van der Waals surface area contributed by atoms with E-state index in [0.29, 0.717) is 13.0 Å². The molecule has 0 aliphatic carbocycles. The number of hydrogen-bond donors (Lipinski definition) is 0. The highest BCUT2D eigenvalue weighted by atomic mass is 16.5. The van der Waals surface area contributed by atoms with Crippen molar-refractivity contribution in [2.75, 3.05) is 19.7 Å². The van der Waals surface area contributed by atoms with Crippen molar-refractivity contribution in [3.05, 3.63) is 30.1 Å². The fraction of sp³-hybridized carbons (Fsp3) is 0.625. The molecule has 0 atom stereocenters. The van der Waals surface area contributed by atoms with Crippen LogP contribution >= 0.6 is 0 Å². The summed E-state index contributed by atoms with van der Waals surface area (Å²) >= 11 is 0. The van der Waals surface area contributed by atoms with E-state index in [0.717, 1.165) is 44.6 Å². The van der Waals surface area contributed by atoms with Crippen molar-refractivity contribution < 1.29 is 9.53 Å². The molecule has 0 N–H and O–H groups in total. The van der Waals surface area contributed by atoms with Crippen LogP contribution in [-0.4, -0.2) is 35.5 Å².